The summed E-state index contributed by atoms with van der Waals surface area (Å²) in [4.78, 5) is 19.0. The lowest BCUT2D eigenvalue weighted by molar-refractivity contribution is 0.0398. The van der Waals surface area contributed by atoms with Gasteiger partial charge in [0.25, 0.3) is 0 Å². The zero-order valence-corrected chi connectivity index (χ0v) is 14.4. The maximum absolute atomic E-state index is 5.38. The summed E-state index contributed by atoms with van der Waals surface area (Å²) in [5.41, 5.74) is 3.02. The van der Waals surface area contributed by atoms with Gasteiger partial charge in [0.05, 0.1) is 30.8 Å². The first kappa shape index (κ1) is 16.0. The van der Waals surface area contributed by atoms with Gasteiger partial charge >= 0.3 is 0 Å². The maximum Gasteiger partial charge on any atom is 0.183 e. The third-order valence-electron chi connectivity index (χ3n) is 4.37. The van der Waals surface area contributed by atoms with Crippen LogP contribution in [0, 0.1) is 13.8 Å². The highest BCUT2D eigenvalue weighted by Gasteiger charge is 2.18. The van der Waals surface area contributed by atoms with Crippen molar-refractivity contribution in [1.82, 2.24) is 30.0 Å². The fraction of sp³-hybridized carbons (Fsp3) is 0.500. The monoisotopic (exact) mass is 343 g/mol. The molecule has 0 amide bonds. The minimum Gasteiger partial charge on any atom is -0.379 e. The Balaban J connectivity index is 1.58. The molecule has 3 aromatic heterocycles. The van der Waals surface area contributed by atoms with Crippen molar-refractivity contribution in [3.05, 3.63) is 17.8 Å². The van der Waals surface area contributed by atoms with Gasteiger partial charge in [-0.1, -0.05) is 5.16 Å². The van der Waals surface area contributed by atoms with Gasteiger partial charge in [0.2, 0.25) is 0 Å². The molecule has 132 valence electrons. The molecular weight excluding hydrogens is 322 g/mol. The van der Waals surface area contributed by atoms with Crippen LogP contribution in [-0.2, 0) is 4.74 Å². The Morgan fingerprint density at radius 2 is 2.08 bits per heavy atom. The number of imidazole rings is 1. The fourth-order valence-corrected chi connectivity index (χ4v) is 3.03. The van der Waals surface area contributed by atoms with E-state index in [0.717, 1.165) is 62.0 Å². The first-order valence-corrected chi connectivity index (χ1v) is 8.40. The fourth-order valence-electron chi connectivity index (χ4n) is 3.03. The highest BCUT2D eigenvalue weighted by atomic mass is 16.5. The molecule has 0 aliphatic carbocycles. The quantitative estimate of drug-likeness (QED) is 0.716. The van der Waals surface area contributed by atoms with Gasteiger partial charge in [-0.25, -0.2) is 15.0 Å². The van der Waals surface area contributed by atoms with Crippen LogP contribution >= 0.6 is 0 Å². The smallest absolute Gasteiger partial charge is 0.183 e. The van der Waals surface area contributed by atoms with Crippen LogP contribution in [0.5, 0.6) is 0 Å². The number of hydrogen-bond donors (Lipinski definition) is 2. The van der Waals surface area contributed by atoms with E-state index < -0.39 is 0 Å². The van der Waals surface area contributed by atoms with E-state index in [1.54, 1.807) is 6.33 Å². The summed E-state index contributed by atoms with van der Waals surface area (Å²) in [5.74, 6) is 2.02. The van der Waals surface area contributed by atoms with E-state index in [1.807, 2.05) is 13.8 Å². The van der Waals surface area contributed by atoms with Gasteiger partial charge in [-0.2, -0.15) is 0 Å². The molecule has 9 heteroatoms. The lowest BCUT2D eigenvalue weighted by Gasteiger charge is -2.26. The number of hydrogen-bond acceptors (Lipinski definition) is 8. The lowest BCUT2D eigenvalue weighted by Crippen LogP contribution is -2.39. The van der Waals surface area contributed by atoms with Crippen LogP contribution in [0.4, 0.5) is 5.82 Å². The zero-order chi connectivity index (χ0) is 17.2. The second-order valence-corrected chi connectivity index (χ2v) is 6.08. The standard InChI is InChI=1S/C16H21N7O2/c1-10-12(11(2)25-22-10)14-20-15(13-16(21-14)19-9-18-13)17-3-4-23-5-7-24-8-6-23/h9H,3-8H2,1-2H3,(H2,17,18,19,20,21). The van der Waals surface area contributed by atoms with E-state index in [4.69, 9.17) is 9.26 Å². The molecule has 1 aliphatic rings. The summed E-state index contributed by atoms with van der Waals surface area (Å²) in [7, 11) is 0. The number of aryl methyl sites for hydroxylation is 2. The summed E-state index contributed by atoms with van der Waals surface area (Å²) >= 11 is 0. The SMILES string of the molecule is Cc1noc(C)c1-c1nc(NCCN2CCOCC2)c2[nH]cnc2n1. The Labute approximate surface area is 144 Å². The van der Waals surface area contributed by atoms with Crippen molar-refractivity contribution in [1.29, 1.82) is 0 Å². The van der Waals surface area contributed by atoms with Crippen molar-refractivity contribution in [2.45, 2.75) is 13.8 Å². The van der Waals surface area contributed by atoms with E-state index >= 15 is 0 Å². The summed E-state index contributed by atoms with van der Waals surface area (Å²) < 4.78 is 10.6. The van der Waals surface area contributed by atoms with Gasteiger partial charge in [-0.15, -0.1) is 0 Å². The van der Waals surface area contributed by atoms with Crippen LogP contribution in [0.15, 0.2) is 10.9 Å². The molecule has 0 aromatic carbocycles. The summed E-state index contributed by atoms with van der Waals surface area (Å²) in [6.45, 7) is 9.00. The number of H-pyrrole nitrogens is 1. The molecule has 9 nitrogen and oxygen atoms in total. The zero-order valence-electron chi connectivity index (χ0n) is 14.4. The van der Waals surface area contributed by atoms with Crippen LogP contribution in [0.1, 0.15) is 11.5 Å². The summed E-state index contributed by atoms with van der Waals surface area (Å²) in [5, 5.41) is 7.40. The van der Waals surface area contributed by atoms with Crippen molar-refractivity contribution >= 4 is 17.0 Å². The lowest BCUT2D eigenvalue weighted by atomic mass is 10.2. The van der Waals surface area contributed by atoms with E-state index in [1.165, 1.54) is 0 Å². The molecule has 0 unspecified atom stereocenters. The second kappa shape index (κ2) is 6.77. The number of aromatic nitrogens is 5. The van der Waals surface area contributed by atoms with Crippen molar-refractivity contribution in [3.8, 4) is 11.4 Å². The Hall–Kier alpha value is -2.52. The number of morpholine rings is 1. The Kier molecular flexibility index (Phi) is 4.33. The predicted molar refractivity (Wildman–Crippen MR) is 92.4 cm³/mol. The van der Waals surface area contributed by atoms with Crippen LogP contribution in [0.3, 0.4) is 0 Å². The molecule has 4 heterocycles. The topological polar surface area (TPSA) is 105 Å². The third kappa shape index (κ3) is 3.20. The first-order valence-electron chi connectivity index (χ1n) is 8.40. The third-order valence-corrected chi connectivity index (χ3v) is 4.37. The Morgan fingerprint density at radius 1 is 1.24 bits per heavy atom. The minimum atomic E-state index is 0.574. The molecule has 4 rings (SSSR count). The second-order valence-electron chi connectivity index (χ2n) is 6.08. The number of aromatic amines is 1. The molecular formula is C16H21N7O2. The molecule has 2 N–H and O–H groups in total. The van der Waals surface area contributed by atoms with Gasteiger partial charge in [0.1, 0.15) is 11.3 Å². The first-order chi connectivity index (χ1) is 12.2. The van der Waals surface area contributed by atoms with E-state index in [0.29, 0.717) is 17.2 Å². The summed E-state index contributed by atoms with van der Waals surface area (Å²) in [6.07, 6.45) is 1.63. The molecule has 0 saturated carbocycles. The molecule has 0 atom stereocenters. The number of fused-ring (bicyclic) bond motifs is 1. The Bertz CT molecular complexity index is 847. The van der Waals surface area contributed by atoms with Gasteiger partial charge in [0.15, 0.2) is 17.3 Å². The Morgan fingerprint density at radius 3 is 2.84 bits per heavy atom. The highest BCUT2D eigenvalue weighted by Crippen LogP contribution is 2.27. The molecule has 1 aliphatic heterocycles. The average Bonchev–Trinajstić information content (AvgIpc) is 3.22. The average molecular weight is 343 g/mol. The van der Waals surface area contributed by atoms with Crippen molar-refractivity contribution in [2.75, 3.05) is 44.7 Å². The molecule has 1 saturated heterocycles. The van der Waals surface area contributed by atoms with Crippen molar-refractivity contribution < 1.29 is 9.26 Å². The highest BCUT2D eigenvalue weighted by molar-refractivity contribution is 5.84. The van der Waals surface area contributed by atoms with Gasteiger partial charge in [-0.3, -0.25) is 4.90 Å². The largest absolute Gasteiger partial charge is 0.379 e. The predicted octanol–water partition coefficient (Wildman–Crippen LogP) is 1.37. The van der Waals surface area contributed by atoms with E-state index in [9.17, 15) is 0 Å². The number of anilines is 1. The minimum absolute atomic E-state index is 0.574. The van der Waals surface area contributed by atoms with Crippen LogP contribution < -0.4 is 5.32 Å². The van der Waals surface area contributed by atoms with Crippen molar-refractivity contribution in [2.24, 2.45) is 0 Å². The normalized spacial score (nSPS) is 15.8. The van der Waals surface area contributed by atoms with Gasteiger partial charge in [0, 0.05) is 26.2 Å². The van der Waals surface area contributed by atoms with E-state index in [-0.39, 0.29) is 0 Å². The molecule has 0 radical (unpaired) electrons. The molecule has 3 aromatic rings. The van der Waals surface area contributed by atoms with Crippen LogP contribution in [0.25, 0.3) is 22.6 Å². The molecule has 25 heavy (non-hydrogen) atoms. The van der Waals surface area contributed by atoms with Crippen molar-refractivity contribution in [3.63, 3.8) is 0 Å². The molecule has 1 fully saturated rings. The van der Waals surface area contributed by atoms with Gasteiger partial charge in [-0.05, 0) is 13.8 Å². The molecule has 0 bridgehead atoms. The van der Waals surface area contributed by atoms with Crippen LogP contribution in [0.2, 0.25) is 0 Å². The number of nitrogens with zero attached hydrogens (tertiary/aromatic N) is 5. The number of ether oxygens (including phenoxy) is 1. The maximum atomic E-state index is 5.38. The van der Waals surface area contributed by atoms with Gasteiger partial charge < -0.3 is 19.6 Å². The number of nitrogens with one attached hydrogen (secondary N) is 2. The van der Waals surface area contributed by atoms with Crippen LogP contribution in [-0.4, -0.2) is 69.4 Å². The molecule has 0 spiro atoms. The van der Waals surface area contributed by atoms with E-state index in [2.05, 4.69) is 35.3 Å². The number of rotatable bonds is 5. The summed E-state index contributed by atoms with van der Waals surface area (Å²) in [6, 6.07) is 0.